The van der Waals surface area contributed by atoms with E-state index in [1.165, 1.54) is 11.0 Å². The van der Waals surface area contributed by atoms with E-state index in [0.717, 1.165) is 5.56 Å². The Balaban J connectivity index is 2.10. The molecule has 0 saturated carbocycles. The number of amides is 2. The third kappa shape index (κ3) is 3.47. The van der Waals surface area contributed by atoms with E-state index in [9.17, 15) is 9.59 Å². The number of carbonyl (C=O) groups excluding carboxylic acids is 2. The molecule has 1 atom stereocenters. The van der Waals surface area contributed by atoms with Crippen LogP contribution in [0.15, 0.2) is 42.5 Å². The molecule has 0 radical (unpaired) electrons. The van der Waals surface area contributed by atoms with Crippen LogP contribution in [0.5, 0.6) is 0 Å². The zero-order valence-electron chi connectivity index (χ0n) is 12.0. The van der Waals surface area contributed by atoms with Gasteiger partial charge in [0.15, 0.2) is 0 Å². The van der Waals surface area contributed by atoms with E-state index in [4.69, 9.17) is 4.74 Å². The van der Waals surface area contributed by atoms with Crippen molar-refractivity contribution in [2.75, 3.05) is 0 Å². The van der Waals surface area contributed by atoms with Crippen LogP contribution in [0.2, 0.25) is 0 Å². The zero-order valence-corrected chi connectivity index (χ0v) is 12.0. The van der Waals surface area contributed by atoms with Gasteiger partial charge in [-0.15, -0.1) is 0 Å². The molecule has 1 aromatic rings. The molecular weight excluding hydrogens is 254 g/mol. The van der Waals surface area contributed by atoms with Gasteiger partial charge in [-0.2, -0.15) is 0 Å². The monoisotopic (exact) mass is 273 g/mol. The van der Waals surface area contributed by atoms with Crippen LogP contribution < -0.4 is 0 Å². The van der Waals surface area contributed by atoms with Crippen LogP contribution in [0.3, 0.4) is 0 Å². The minimum absolute atomic E-state index is 0.278. The maximum absolute atomic E-state index is 12.1. The van der Waals surface area contributed by atoms with E-state index < -0.39 is 11.7 Å². The second-order valence-electron chi connectivity index (χ2n) is 5.80. The molecule has 4 heteroatoms. The number of nitrogens with zero attached hydrogens (tertiary/aromatic N) is 1. The normalized spacial score (nSPS) is 18.4. The Morgan fingerprint density at radius 2 is 1.90 bits per heavy atom. The SMILES string of the molecule is CC(C)(C)OC(=O)N1C(=O)C=C[C@@H]1Cc1ccccc1. The highest BCUT2D eigenvalue weighted by Gasteiger charge is 2.34. The number of benzene rings is 1. The van der Waals surface area contributed by atoms with E-state index in [0.29, 0.717) is 6.42 Å². The van der Waals surface area contributed by atoms with Crippen LogP contribution in [0, 0.1) is 0 Å². The number of hydrogen-bond acceptors (Lipinski definition) is 3. The van der Waals surface area contributed by atoms with Crippen LogP contribution in [0.25, 0.3) is 0 Å². The number of ether oxygens (including phenoxy) is 1. The molecule has 1 aliphatic rings. The van der Waals surface area contributed by atoms with Gasteiger partial charge < -0.3 is 4.74 Å². The fraction of sp³-hybridized carbons (Fsp3) is 0.375. The van der Waals surface area contributed by atoms with Gasteiger partial charge in [0.05, 0.1) is 6.04 Å². The van der Waals surface area contributed by atoms with Crippen molar-refractivity contribution in [1.82, 2.24) is 4.90 Å². The Morgan fingerprint density at radius 3 is 2.50 bits per heavy atom. The molecule has 4 nitrogen and oxygen atoms in total. The topological polar surface area (TPSA) is 46.6 Å². The highest BCUT2D eigenvalue weighted by atomic mass is 16.6. The van der Waals surface area contributed by atoms with E-state index in [1.54, 1.807) is 26.8 Å². The molecule has 0 spiro atoms. The summed E-state index contributed by atoms with van der Waals surface area (Å²) in [6.45, 7) is 5.35. The van der Waals surface area contributed by atoms with Gasteiger partial charge in [-0.25, -0.2) is 9.69 Å². The zero-order chi connectivity index (χ0) is 14.8. The van der Waals surface area contributed by atoms with Crippen LogP contribution in [-0.2, 0) is 16.0 Å². The average molecular weight is 273 g/mol. The van der Waals surface area contributed by atoms with Crippen LogP contribution in [-0.4, -0.2) is 28.5 Å². The highest BCUT2D eigenvalue weighted by Crippen LogP contribution is 2.20. The number of imide groups is 1. The second-order valence-corrected chi connectivity index (χ2v) is 5.80. The van der Waals surface area contributed by atoms with Crippen molar-refractivity contribution < 1.29 is 14.3 Å². The van der Waals surface area contributed by atoms with E-state index in [2.05, 4.69) is 0 Å². The lowest BCUT2D eigenvalue weighted by atomic mass is 10.1. The lowest BCUT2D eigenvalue weighted by Crippen LogP contribution is -2.43. The van der Waals surface area contributed by atoms with Crippen LogP contribution >= 0.6 is 0 Å². The van der Waals surface area contributed by atoms with E-state index >= 15 is 0 Å². The van der Waals surface area contributed by atoms with Crippen molar-refractivity contribution in [1.29, 1.82) is 0 Å². The molecule has 20 heavy (non-hydrogen) atoms. The van der Waals surface area contributed by atoms with Crippen LogP contribution in [0.1, 0.15) is 26.3 Å². The van der Waals surface area contributed by atoms with Gasteiger partial charge in [0.2, 0.25) is 0 Å². The standard InChI is InChI=1S/C16H19NO3/c1-16(2,3)20-15(19)17-13(9-10-14(17)18)11-12-7-5-4-6-8-12/h4-10,13H,11H2,1-3H3/t13-/m1/s1. The Labute approximate surface area is 119 Å². The van der Waals surface area contributed by atoms with Gasteiger partial charge in [0.25, 0.3) is 5.91 Å². The van der Waals surface area contributed by atoms with Gasteiger partial charge in [0, 0.05) is 6.08 Å². The molecule has 0 bridgehead atoms. The van der Waals surface area contributed by atoms with Crippen molar-refractivity contribution in [2.24, 2.45) is 0 Å². The minimum atomic E-state index is -0.614. The van der Waals surface area contributed by atoms with Crippen LogP contribution in [0.4, 0.5) is 4.79 Å². The lowest BCUT2D eigenvalue weighted by molar-refractivity contribution is -0.125. The minimum Gasteiger partial charge on any atom is -0.443 e. The third-order valence-corrected chi connectivity index (χ3v) is 2.91. The van der Waals surface area contributed by atoms with Crippen molar-refractivity contribution >= 4 is 12.0 Å². The van der Waals surface area contributed by atoms with Gasteiger partial charge in [-0.3, -0.25) is 4.79 Å². The first-order valence-corrected chi connectivity index (χ1v) is 6.65. The molecule has 0 aromatic heterocycles. The summed E-state index contributed by atoms with van der Waals surface area (Å²) in [5.74, 6) is -0.319. The summed E-state index contributed by atoms with van der Waals surface area (Å²) in [7, 11) is 0. The van der Waals surface area contributed by atoms with Crippen molar-refractivity contribution in [3.8, 4) is 0 Å². The van der Waals surface area contributed by atoms with Crippen molar-refractivity contribution in [2.45, 2.75) is 38.8 Å². The predicted octanol–water partition coefficient (Wildman–Crippen LogP) is 2.93. The maximum atomic E-state index is 12.1. The molecule has 0 saturated heterocycles. The number of hydrogen-bond donors (Lipinski definition) is 0. The Hall–Kier alpha value is -2.10. The molecule has 1 heterocycles. The summed E-state index contributed by atoms with van der Waals surface area (Å²) in [6.07, 6.45) is 3.19. The van der Waals surface area contributed by atoms with Gasteiger partial charge in [-0.1, -0.05) is 36.4 Å². The molecule has 106 valence electrons. The first-order valence-electron chi connectivity index (χ1n) is 6.65. The van der Waals surface area contributed by atoms with E-state index in [1.807, 2.05) is 30.3 Å². The average Bonchev–Trinajstić information content (AvgIpc) is 2.69. The summed E-state index contributed by atoms with van der Waals surface area (Å²) in [6, 6.07) is 9.49. The quantitative estimate of drug-likeness (QED) is 0.832. The Morgan fingerprint density at radius 1 is 1.25 bits per heavy atom. The first kappa shape index (κ1) is 14.3. The molecule has 0 aliphatic carbocycles. The molecule has 0 fully saturated rings. The summed E-state index contributed by atoms with van der Waals surface area (Å²) >= 11 is 0. The fourth-order valence-corrected chi connectivity index (χ4v) is 2.07. The molecule has 1 aromatic carbocycles. The van der Waals surface area contributed by atoms with Crippen molar-refractivity contribution in [3.05, 3.63) is 48.0 Å². The fourth-order valence-electron chi connectivity index (χ4n) is 2.07. The smallest absolute Gasteiger partial charge is 0.417 e. The van der Waals surface area contributed by atoms with Gasteiger partial charge >= 0.3 is 6.09 Å². The summed E-state index contributed by atoms with van der Waals surface area (Å²) in [4.78, 5) is 25.1. The number of rotatable bonds is 2. The number of carbonyl (C=O) groups is 2. The summed E-state index contributed by atoms with van der Waals surface area (Å²) in [5, 5.41) is 0. The Bertz CT molecular complexity index is 528. The molecular formula is C16H19NO3. The molecule has 0 N–H and O–H groups in total. The lowest BCUT2D eigenvalue weighted by Gasteiger charge is -2.27. The van der Waals surface area contributed by atoms with E-state index in [-0.39, 0.29) is 11.9 Å². The molecule has 2 rings (SSSR count). The molecule has 2 amide bonds. The van der Waals surface area contributed by atoms with Gasteiger partial charge in [0.1, 0.15) is 5.60 Å². The third-order valence-electron chi connectivity index (χ3n) is 2.91. The first-order chi connectivity index (χ1) is 9.37. The summed E-state index contributed by atoms with van der Waals surface area (Å²) in [5.41, 5.74) is 0.461. The predicted molar refractivity (Wildman–Crippen MR) is 76.2 cm³/mol. The highest BCUT2D eigenvalue weighted by molar-refractivity contribution is 6.01. The van der Waals surface area contributed by atoms with Crippen molar-refractivity contribution in [3.63, 3.8) is 0 Å². The second kappa shape index (κ2) is 5.49. The summed E-state index contributed by atoms with van der Waals surface area (Å²) < 4.78 is 5.29. The molecule has 0 unspecified atom stereocenters. The van der Waals surface area contributed by atoms with Gasteiger partial charge in [-0.05, 0) is 32.8 Å². The largest absolute Gasteiger partial charge is 0.443 e. The maximum Gasteiger partial charge on any atom is 0.417 e. The Kier molecular flexibility index (Phi) is 3.93. The molecule has 1 aliphatic heterocycles.